The maximum Gasteiger partial charge on any atom is 0.417 e. The minimum atomic E-state index is -4.70. The number of fused-ring (bicyclic) bond motifs is 1. The van der Waals surface area contributed by atoms with E-state index in [1.165, 1.54) is 38.1 Å². The Hall–Kier alpha value is -2.46. The molecule has 156 valence electrons. The predicted molar refractivity (Wildman–Crippen MR) is 103 cm³/mol. The summed E-state index contributed by atoms with van der Waals surface area (Å²) in [5.41, 5.74) is -2.18. The van der Waals surface area contributed by atoms with Gasteiger partial charge in [0.25, 0.3) is 5.91 Å². The summed E-state index contributed by atoms with van der Waals surface area (Å²) in [5.74, 6) is -0.462. The van der Waals surface area contributed by atoms with Crippen LogP contribution in [-0.2, 0) is 21.0 Å². The number of halogens is 4. The van der Waals surface area contributed by atoms with Crippen molar-refractivity contribution in [3.05, 3.63) is 47.0 Å². The van der Waals surface area contributed by atoms with Gasteiger partial charge in [0.15, 0.2) is 5.60 Å². The molecule has 0 unspecified atom stereocenters. The number of anilines is 3. The van der Waals surface area contributed by atoms with Crippen molar-refractivity contribution in [1.82, 2.24) is 0 Å². The van der Waals surface area contributed by atoms with Crippen LogP contribution in [0.2, 0.25) is 5.02 Å². The summed E-state index contributed by atoms with van der Waals surface area (Å²) < 4.78 is 70.7. The van der Waals surface area contributed by atoms with Crippen LogP contribution in [-0.4, -0.2) is 26.2 Å². The highest BCUT2D eigenvalue weighted by Gasteiger charge is 2.43. The maximum atomic E-state index is 13.3. The molecule has 0 saturated carbocycles. The molecule has 6 nitrogen and oxygen atoms in total. The Bertz CT molecular complexity index is 1100. The molecule has 0 spiro atoms. The second-order valence-corrected chi connectivity index (χ2v) is 9.13. The van der Waals surface area contributed by atoms with E-state index in [2.05, 4.69) is 4.72 Å². The third-order valence-electron chi connectivity index (χ3n) is 4.10. The van der Waals surface area contributed by atoms with Crippen molar-refractivity contribution in [2.24, 2.45) is 0 Å². The standard InChI is InChI=1S/C18H16ClF3N2O4S/c1-17(2)16(25)24(11-5-6-13(19)12(9-11)18(20,21)22)14-7-4-10(8-15(14)28-17)23-29(3,26)27/h4-9,23H,1-3H3. The number of nitrogens with one attached hydrogen (secondary N) is 1. The van der Waals surface area contributed by atoms with Crippen LogP contribution in [0, 0.1) is 0 Å². The molecule has 1 amide bonds. The van der Waals surface area contributed by atoms with E-state index in [-0.39, 0.29) is 22.8 Å². The number of carbonyl (C=O) groups is 1. The number of rotatable bonds is 3. The molecule has 0 saturated heterocycles. The molecule has 1 aliphatic rings. The van der Waals surface area contributed by atoms with Crippen LogP contribution in [0.1, 0.15) is 19.4 Å². The quantitative estimate of drug-likeness (QED) is 0.746. The van der Waals surface area contributed by atoms with E-state index in [4.69, 9.17) is 16.3 Å². The largest absolute Gasteiger partial charge is 0.476 e. The average molecular weight is 449 g/mol. The highest BCUT2D eigenvalue weighted by molar-refractivity contribution is 7.92. The molecule has 1 aliphatic heterocycles. The number of hydrogen-bond acceptors (Lipinski definition) is 4. The normalized spacial score (nSPS) is 16.2. The first-order valence-electron chi connectivity index (χ1n) is 8.21. The van der Waals surface area contributed by atoms with Crippen molar-refractivity contribution >= 4 is 44.6 Å². The van der Waals surface area contributed by atoms with Gasteiger partial charge in [0, 0.05) is 11.8 Å². The Morgan fingerprint density at radius 1 is 1.14 bits per heavy atom. The SMILES string of the molecule is CC1(C)Oc2cc(NS(C)(=O)=O)ccc2N(c2ccc(Cl)c(C(F)(F)F)c2)C1=O. The lowest BCUT2D eigenvalue weighted by Gasteiger charge is -2.39. The third kappa shape index (κ3) is 4.27. The number of alkyl halides is 3. The molecule has 1 N–H and O–H groups in total. The van der Waals surface area contributed by atoms with Crippen LogP contribution < -0.4 is 14.4 Å². The third-order valence-corrected chi connectivity index (χ3v) is 5.04. The number of nitrogens with zero attached hydrogens (tertiary/aromatic N) is 1. The zero-order valence-electron chi connectivity index (χ0n) is 15.5. The number of hydrogen-bond donors (Lipinski definition) is 1. The van der Waals surface area contributed by atoms with Crippen molar-refractivity contribution in [1.29, 1.82) is 0 Å². The van der Waals surface area contributed by atoms with Crippen molar-refractivity contribution < 1.29 is 31.1 Å². The highest BCUT2D eigenvalue weighted by Crippen LogP contribution is 2.45. The molecule has 0 aliphatic carbocycles. The van der Waals surface area contributed by atoms with Crippen LogP contribution in [0.3, 0.4) is 0 Å². The van der Waals surface area contributed by atoms with E-state index in [1.807, 2.05) is 0 Å². The molecule has 2 aromatic carbocycles. The smallest absolute Gasteiger partial charge is 0.417 e. The Kier molecular flexibility index (Phi) is 4.99. The number of sulfonamides is 1. The minimum absolute atomic E-state index is 0.0480. The number of benzene rings is 2. The van der Waals surface area contributed by atoms with Gasteiger partial charge in [-0.3, -0.25) is 14.4 Å². The molecule has 11 heteroatoms. The molecule has 0 radical (unpaired) electrons. The summed E-state index contributed by atoms with van der Waals surface area (Å²) in [4.78, 5) is 14.0. The van der Waals surface area contributed by atoms with Crippen molar-refractivity contribution in [3.63, 3.8) is 0 Å². The van der Waals surface area contributed by atoms with Crippen molar-refractivity contribution in [2.45, 2.75) is 25.6 Å². The molecule has 0 atom stereocenters. The summed E-state index contributed by atoms with van der Waals surface area (Å²) in [5, 5.41) is -0.492. The first-order valence-corrected chi connectivity index (χ1v) is 10.5. The van der Waals surface area contributed by atoms with E-state index < -0.39 is 38.3 Å². The second-order valence-electron chi connectivity index (χ2n) is 6.97. The fourth-order valence-electron chi connectivity index (χ4n) is 2.88. The fraction of sp³-hybridized carbons (Fsp3) is 0.278. The van der Waals surface area contributed by atoms with Crippen LogP contribution in [0.15, 0.2) is 36.4 Å². The summed E-state index contributed by atoms with van der Waals surface area (Å²) in [6, 6.07) is 7.27. The molecule has 0 fully saturated rings. The van der Waals surface area contributed by atoms with E-state index in [0.29, 0.717) is 0 Å². The molecule has 0 aromatic heterocycles. The van der Waals surface area contributed by atoms with Gasteiger partial charge in [-0.05, 0) is 44.2 Å². The molecular weight excluding hydrogens is 433 g/mol. The van der Waals surface area contributed by atoms with Crippen LogP contribution in [0.5, 0.6) is 5.75 Å². The predicted octanol–water partition coefficient (Wildman–Crippen LogP) is 4.57. The van der Waals surface area contributed by atoms with Gasteiger partial charge in [-0.15, -0.1) is 0 Å². The summed E-state index contributed by atoms with van der Waals surface area (Å²) >= 11 is 5.68. The fourth-order valence-corrected chi connectivity index (χ4v) is 3.66. The molecular formula is C18H16ClF3N2O4S. The lowest BCUT2D eigenvalue weighted by molar-refractivity contribution is -0.137. The number of amides is 1. The zero-order chi connectivity index (χ0) is 21.8. The Labute approximate surface area is 170 Å². The average Bonchev–Trinajstić information content (AvgIpc) is 2.54. The van der Waals surface area contributed by atoms with E-state index in [9.17, 15) is 26.4 Å². The van der Waals surface area contributed by atoms with Gasteiger partial charge in [0.2, 0.25) is 10.0 Å². The van der Waals surface area contributed by atoms with E-state index in [1.54, 1.807) is 0 Å². The van der Waals surface area contributed by atoms with Crippen LogP contribution in [0.25, 0.3) is 0 Å². The second kappa shape index (κ2) is 6.81. The summed E-state index contributed by atoms with van der Waals surface area (Å²) in [6.07, 6.45) is -3.73. The van der Waals surface area contributed by atoms with Crippen LogP contribution in [0.4, 0.5) is 30.2 Å². The van der Waals surface area contributed by atoms with Gasteiger partial charge < -0.3 is 4.74 Å². The zero-order valence-corrected chi connectivity index (χ0v) is 17.0. The van der Waals surface area contributed by atoms with Gasteiger partial charge in [0.05, 0.1) is 28.2 Å². The monoisotopic (exact) mass is 448 g/mol. The molecule has 2 aromatic rings. The summed E-state index contributed by atoms with van der Waals surface area (Å²) in [6.45, 7) is 2.92. The van der Waals surface area contributed by atoms with Gasteiger partial charge in [-0.2, -0.15) is 13.2 Å². The van der Waals surface area contributed by atoms with Crippen LogP contribution >= 0.6 is 11.6 Å². The topological polar surface area (TPSA) is 75.7 Å². The Balaban J connectivity index is 2.17. The molecule has 3 rings (SSSR count). The summed E-state index contributed by atoms with van der Waals surface area (Å²) in [7, 11) is -3.56. The van der Waals surface area contributed by atoms with Gasteiger partial charge in [0.1, 0.15) is 5.75 Å². The van der Waals surface area contributed by atoms with E-state index >= 15 is 0 Å². The molecule has 0 bridgehead atoms. The van der Waals surface area contributed by atoms with E-state index in [0.717, 1.165) is 23.3 Å². The number of ether oxygens (including phenoxy) is 1. The Morgan fingerprint density at radius 2 is 1.79 bits per heavy atom. The van der Waals surface area contributed by atoms with Gasteiger partial charge in [-0.25, -0.2) is 8.42 Å². The van der Waals surface area contributed by atoms with Gasteiger partial charge in [-0.1, -0.05) is 11.6 Å². The first kappa shape index (κ1) is 21.3. The highest BCUT2D eigenvalue weighted by atomic mass is 35.5. The lowest BCUT2D eigenvalue weighted by Crippen LogP contribution is -2.50. The van der Waals surface area contributed by atoms with Gasteiger partial charge >= 0.3 is 6.18 Å². The Morgan fingerprint density at radius 3 is 2.38 bits per heavy atom. The maximum absolute atomic E-state index is 13.3. The van der Waals surface area contributed by atoms with Crippen molar-refractivity contribution in [2.75, 3.05) is 15.9 Å². The lowest BCUT2D eigenvalue weighted by atomic mass is 10.0. The molecule has 1 heterocycles. The first-order chi connectivity index (χ1) is 13.2. The van der Waals surface area contributed by atoms with Crippen molar-refractivity contribution in [3.8, 4) is 5.75 Å². The minimum Gasteiger partial charge on any atom is -0.476 e. The number of carbonyl (C=O) groups excluding carboxylic acids is 1. The molecule has 29 heavy (non-hydrogen) atoms.